The zero-order chi connectivity index (χ0) is 14.0. The van der Waals surface area contributed by atoms with E-state index in [1.165, 1.54) is 18.3 Å². The highest BCUT2D eigenvalue weighted by Crippen LogP contribution is 2.22. The van der Waals surface area contributed by atoms with E-state index < -0.39 is 22.4 Å². The van der Waals surface area contributed by atoms with Crippen LogP contribution in [0.15, 0.2) is 33.9 Å². The number of benzene rings is 1. The largest absolute Gasteiger partial charge is 0.392 e. The number of H-pyrrole nitrogens is 1. The summed E-state index contributed by atoms with van der Waals surface area (Å²) in [5.74, 6) is -0.591. The molecule has 19 heavy (non-hydrogen) atoms. The molecule has 0 spiro atoms. The lowest BCUT2D eigenvalue weighted by Crippen LogP contribution is -2.15. The van der Waals surface area contributed by atoms with Gasteiger partial charge < -0.3 is 5.11 Å². The first-order chi connectivity index (χ1) is 8.94. The van der Waals surface area contributed by atoms with Crippen molar-refractivity contribution in [3.63, 3.8) is 0 Å². The molecule has 0 aliphatic rings. The van der Waals surface area contributed by atoms with Crippen LogP contribution in [0, 0.1) is 5.82 Å². The summed E-state index contributed by atoms with van der Waals surface area (Å²) in [7, 11) is -3.95. The fourth-order valence-electron chi connectivity index (χ4n) is 1.41. The number of aromatic amines is 1. The van der Waals surface area contributed by atoms with E-state index in [4.69, 9.17) is 5.11 Å². The molecule has 1 aromatic heterocycles. The molecule has 0 saturated heterocycles. The Morgan fingerprint density at radius 2 is 2.21 bits per heavy atom. The second-order valence-corrected chi connectivity index (χ2v) is 6.09. The molecule has 0 radical (unpaired) electrons. The summed E-state index contributed by atoms with van der Waals surface area (Å²) in [4.78, 5) is 0. The number of nitrogens with one attached hydrogen (secondary N) is 2. The number of hydrogen-bond acceptors (Lipinski definition) is 4. The Kier molecular flexibility index (Phi) is 3.88. The van der Waals surface area contributed by atoms with Crippen molar-refractivity contribution in [2.45, 2.75) is 11.6 Å². The van der Waals surface area contributed by atoms with Crippen molar-refractivity contribution in [3.8, 4) is 0 Å². The molecule has 1 heterocycles. The summed E-state index contributed by atoms with van der Waals surface area (Å²) in [6.07, 6.45) is 1.21. The third-order valence-corrected chi connectivity index (χ3v) is 4.33. The topological polar surface area (TPSA) is 95.1 Å². The number of anilines is 1. The molecule has 9 heteroatoms. The van der Waals surface area contributed by atoms with E-state index in [1.807, 2.05) is 0 Å². The molecule has 0 saturated carbocycles. The average molecular weight is 350 g/mol. The van der Waals surface area contributed by atoms with Crippen molar-refractivity contribution in [2.75, 3.05) is 4.72 Å². The molecule has 2 rings (SSSR count). The molecule has 3 N–H and O–H groups in total. The number of rotatable bonds is 4. The van der Waals surface area contributed by atoms with Crippen LogP contribution in [0.3, 0.4) is 0 Å². The maximum absolute atomic E-state index is 13.3. The number of aliphatic hydroxyl groups is 1. The second-order valence-electron chi connectivity index (χ2n) is 3.62. The number of aromatic nitrogens is 2. The molecule has 0 fully saturated rings. The minimum absolute atomic E-state index is 0.0687. The Morgan fingerprint density at radius 3 is 2.84 bits per heavy atom. The average Bonchev–Trinajstić information content (AvgIpc) is 2.82. The van der Waals surface area contributed by atoms with Gasteiger partial charge in [0.2, 0.25) is 0 Å². The Bertz CT molecular complexity index is 702. The predicted octanol–water partition coefficient (Wildman–Crippen LogP) is 1.60. The van der Waals surface area contributed by atoms with Crippen LogP contribution < -0.4 is 4.72 Å². The van der Waals surface area contributed by atoms with Crippen LogP contribution in [0.5, 0.6) is 0 Å². The van der Waals surface area contributed by atoms with Crippen LogP contribution in [0.4, 0.5) is 10.1 Å². The number of hydrogen-bond donors (Lipinski definition) is 3. The van der Waals surface area contributed by atoms with Crippen LogP contribution in [0.2, 0.25) is 0 Å². The van der Waals surface area contributed by atoms with E-state index in [9.17, 15) is 12.8 Å². The number of halogens is 2. The van der Waals surface area contributed by atoms with E-state index in [0.29, 0.717) is 0 Å². The molecule has 0 unspecified atom stereocenters. The Morgan fingerprint density at radius 1 is 1.47 bits per heavy atom. The van der Waals surface area contributed by atoms with Crippen molar-refractivity contribution >= 4 is 31.6 Å². The quantitative estimate of drug-likeness (QED) is 0.781. The number of aliphatic hydroxyl groups excluding tert-OH is 1. The highest BCUT2D eigenvalue weighted by Gasteiger charge is 2.20. The van der Waals surface area contributed by atoms with Gasteiger partial charge in [0.25, 0.3) is 10.0 Å². The monoisotopic (exact) mass is 349 g/mol. The molecule has 1 aromatic carbocycles. The highest BCUT2D eigenvalue weighted by molar-refractivity contribution is 9.10. The van der Waals surface area contributed by atoms with Gasteiger partial charge in [-0.05, 0) is 34.1 Å². The molecule has 2 aromatic rings. The molecule has 0 aliphatic heterocycles. The lowest BCUT2D eigenvalue weighted by atomic mass is 10.3. The van der Waals surface area contributed by atoms with Crippen molar-refractivity contribution in [1.82, 2.24) is 10.2 Å². The standard InChI is InChI=1S/C10H9BrFN3O3S/c11-8-2-1-7(3-9(8)12)15-19(17,18)10-6(5-16)4-13-14-10/h1-4,15-16H,5H2,(H,13,14). The third-order valence-electron chi connectivity index (χ3n) is 2.29. The zero-order valence-electron chi connectivity index (χ0n) is 9.39. The van der Waals surface area contributed by atoms with Gasteiger partial charge in [-0.15, -0.1) is 0 Å². The van der Waals surface area contributed by atoms with Gasteiger partial charge in [0.15, 0.2) is 5.03 Å². The van der Waals surface area contributed by atoms with Gasteiger partial charge in [-0.25, -0.2) is 4.39 Å². The van der Waals surface area contributed by atoms with Crippen LogP contribution in [-0.4, -0.2) is 23.7 Å². The predicted molar refractivity (Wildman–Crippen MR) is 69.4 cm³/mol. The molecule has 0 bridgehead atoms. The van der Waals surface area contributed by atoms with E-state index in [-0.39, 0.29) is 20.7 Å². The fourth-order valence-corrected chi connectivity index (χ4v) is 2.83. The van der Waals surface area contributed by atoms with Crippen molar-refractivity contribution in [1.29, 1.82) is 0 Å². The maximum Gasteiger partial charge on any atom is 0.279 e. The summed E-state index contributed by atoms with van der Waals surface area (Å²) in [5.41, 5.74) is 0.198. The van der Waals surface area contributed by atoms with Crippen LogP contribution in [-0.2, 0) is 16.6 Å². The smallest absolute Gasteiger partial charge is 0.279 e. The van der Waals surface area contributed by atoms with Gasteiger partial charge in [-0.2, -0.15) is 13.5 Å². The lowest BCUT2D eigenvalue weighted by Gasteiger charge is -2.08. The van der Waals surface area contributed by atoms with Crippen molar-refractivity contribution < 1.29 is 17.9 Å². The SMILES string of the molecule is O=S(=O)(Nc1ccc(Br)c(F)c1)c1[nH]ncc1CO. The number of nitrogens with zero attached hydrogens (tertiary/aromatic N) is 1. The molecule has 0 amide bonds. The van der Waals surface area contributed by atoms with E-state index >= 15 is 0 Å². The number of sulfonamides is 1. The Labute approximate surface area is 116 Å². The summed E-state index contributed by atoms with van der Waals surface area (Å²) in [6, 6.07) is 3.82. The molecular formula is C10H9BrFN3O3S. The van der Waals surface area contributed by atoms with Crippen molar-refractivity contribution in [2.24, 2.45) is 0 Å². The molecule has 102 valence electrons. The summed E-state index contributed by atoms with van der Waals surface area (Å²) in [5, 5.41) is 14.6. The van der Waals surface area contributed by atoms with Crippen LogP contribution in [0.1, 0.15) is 5.56 Å². The van der Waals surface area contributed by atoms with Crippen LogP contribution in [0.25, 0.3) is 0 Å². The van der Waals surface area contributed by atoms with Crippen LogP contribution >= 0.6 is 15.9 Å². The Hall–Kier alpha value is -1.45. The summed E-state index contributed by atoms with van der Waals surface area (Å²) < 4.78 is 39.7. The van der Waals surface area contributed by atoms with Gasteiger partial charge in [-0.3, -0.25) is 9.82 Å². The fraction of sp³-hybridized carbons (Fsp3) is 0.100. The minimum Gasteiger partial charge on any atom is -0.392 e. The minimum atomic E-state index is -3.95. The van der Waals surface area contributed by atoms with E-state index in [0.717, 1.165) is 6.07 Å². The molecule has 0 atom stereocenters. The summed E-state index contributed by atoms with van der Waals surface area (Å²) in [6.45, 7) is -0.471. The molecular weight excluding hydrogens is 341 g/mol. The van der Waals surface area contributed by atoms with Gasteiger partial charge in [0.1, 0.15) is 5.82 Å². The lowest BCUT2D eigenvalue weighted by molar-refractivity contribution is 0.278. The first-order valence-corrected chi connectivity index (χ1v) is 7.32. The molecule has 0 aliphatic carbocycles. The maximum atomic E-state index is 13.3. The van der Waals surface area contributed by atoms with Gasteiger partial charge >= 0.3 is 0 Å². The summed E-state index contributed by atoms with van der Waals surface area (Å²) >= 11 is 2.97. The Balaban J connectivity index is 2.34. The second kappa shape index (κ2) is 5.27. The zero-order valence-corrected chi connectivity index (χ0v) is 11.8. The van der Waals surface area contributed by atoms with Gasteiger partial charge in [-0.1, -0.05) is 0 Å². The van der Waals surface area contributed by atoms with E-state index in [1.54, 1.807) is 0 Å². The molecule has 6 nitrogen and oxygen atoms in total. The third kappa shape index (κ3) is 2.94. The van der Waals surface area contributed by atoms with Gasteiger partial charge in [0.05, 0.1) is 23.0 Å². The first kappa shape index (κ1) is 14.0. The normalized spacial score (nSPS) is 11.5. The first-order valence-electron chi connectivity index (χ1n) is 5.05. The van der Waals surface area contributed by atoms with Crippen molar-refractivity contribution in [3.05, 3.63) is 40.2 Å². The van der Waals surface area contributed by atoms with E-state index in [2.05, 4.69) is 30.8 Å². The van der Waals surface area contributed by atoms with Gasteiger partial charge in [0, 0.05) is 5.56 Å². The highest BCUT2D eigenvalue weighted by atomic mass is 79.9.